The van der Waals surface area contributed by atoms with E-state index >= 15 is 0 Å². The molecule has 0 aromatic heterocycles. The number of carboxylic acid groups (broad SMARTS) is 1. The Bertz CT molecular complexity index is 945. The third-order valence-corrected chi connectivity index (χ3v) is 4.85. The van der Waals surface area contributed by atoms with Gasteiger partial charge in [0, 0.05) is 19.6 Å². The molecule has 0 aliphatic rings. The van der Waals surface area contributed by atoms with Crippen molar-refractivity contribution in [2.45, 2.75) is 39.5 Å². The van der Waals surface area contributed by atoms with Crippen LogP contribution in [0.3, 0.4) is 0 Å². The maximum Gasteiger partial charge on any atom is 0.416 e. The van der Waals surface area contributed by atoms with E-state index in [1.807, 2.05) is 13.8 Å². The third kappa shape index (κ3) is 9.48. The topological polar surface area (TPSA) is 85.3 Å². The number of amides is 1. The summed E-state index contributed by atoms with van der Waals surface area (Å²) in [5.41, 5.74) is -0.0492. The maximum atomic E-state index is 12.7. The highest BCUT2D eigenvalue weighted by atomic mass is 19.4. The molecule has 2 aromatic carbocycles. The summed E-state index contributed by atoms with van der Waals surface area (Å²) in [6.45, 7) is 6.60. The molecular formula is C25H30F3NO6. The van der Waals surface area contributed by atoms with Gasteiger partial charge in [-0.25, -0.2) is 9.59 Å². The van der Waals surface area contributed by atoms with Gasteiger partial charge in [-0.05, 0) is 54.8 Å². The zero-order valence-electron chi connectivity index (χ0n) is 19.9. The first-order valence-electron chi connectivity index (χ1n) is 11.2. The lowest BCUT2D eigenvalue weighted by atomic mass is 10.1. The number of halogens is 3. The summed E-state index contributed by atoms with van der Waals surface area (Å²) in [5.74, 6) is -0.347. The molecular weight excluding hydrogens is 467 g/mol. The zero-order chi connectivity index (χ0) is 26.0. The number of carboxylic acids is 1. The van der Waals surface area contributed by atoms with Crippen LogP contribution in [0.4, 0.5) is 18.0 Å². The molecule has 0 spiro atoms. The van der Waals surface area contributed by atoms with Crippen molar-refractivity contribution in [1.82, 2.24) is 4.90 Å². The van der Waals surface area contributed by atoms with E-state index in [9.17, 15) is 27.9 Å². The second-order valence-electron chi connectivity index (χ2n) is 8.21. The van der Waals surface area contributed by atoms with E-state index in [0.717, 1.165) is 29.8 Å². The maximum absolute atomic E-state index is 12.7. The number of ether oxygens (including phenoxy) is 3. The Balaban J connectivity index is 1.92. The quantitative estimate of drug-likeness (QED) is 0.430. The fourth-order valence-electron chi connectivity index (χ4n) is 3.20. The van der Waals surface area contributed by atoms with Crippen molar-refractivity contribution in [3.05, 3.63) is 59.7 Å². The van der Waals surface area contributed by atoms with Crippen LogP contribution in [0.15, 0.2) is 48.5 Å². The van der Waals surface area contributed by atoms with Crippen molar-refractivity contribution in [3.63, 3.8) is 0 Å². The molecule has 1 amide bonds. The molecule has 0 fully saturated rings. The fraction of sp³-hybridized carbons (Fsp3) is 0.440. The molecule has 10 heteroatoms. The summed E-state index contributed by atoms with van der Waals surface area (Å²) >= 11 is 0. The number of rotatable bonds is 12. The van der Waals surface area contributed by atoms with Gasteiger partial charge in [-0.1, -0.05) is 26.0 Å². The number of nitrogens with zero attached hydrogens (tertiary/aromatic N) is 1. The number of hydrogen-bond donors (Lipinski definition) is 1. The molecule has 0 aliphatic carbocycles. The van der Waals surface area contributed by atoms with Crippen molar-refractivity contribution >= 4 is 12.1 Å². The van der Waals surface area contributed by atoms with Gasteiger partial charge in [-0.15, -0.1) is 0 Å². The minimum Gasteiger partial charge on any atom is -0.492 e. The van der Waals surface area contributed by atoms with E-state index in [2.05, 4.69) is 0 Å². The van der Waals surface area contributed by atoms with Crippen molar-refractivity contribution in [1.29, 1.82) is 0 Å². The van der Waals surface area contributed by atoms with Crippen LogP contribution in [0.2, 0.25) is 0 Å². The van der Waals surface area contributed by atoms with Crippen LogP contribution in [0.5, 0.6) is 11.5 Å². The van der Waals surface area contributed by atoms with Crippen LogP contribution < -0.4 is 9.47 Å². The first kappa shape index (κ1) is 28.0. The molecule has 0 bridgehead atoms. The Morgan fingerprint density at radius 1 is 1.00 bits per heavy atom. The molecule has 0 radical (unpaired) electrons. The van der Waals surface area contributed by atoms with Crippen LogP contribution in [-0.4, -0.2) is 54.5 Å². The molecule has 1 atom stereocenters. The first-order chi connectivity index (χ1) is 16.5. The van der Waals surface area contributed by atoms with Crippen molar-refractivity contribution in [2.24, 2.45) is 5.92 Å². The molecule has 0 saturated carbocycles. The summed E-state index contributed by atoms with van der Waals surface area (Å²) in [7, 11) is 0. The molecule has 35 heavy (non-hydrogen) atoms. The summed E-state index contributed by atoms with van der Waals surface area (Å²) in [6.07, 6.45) is -5.86. The summed E-state index contributed by atoms with van der Waals surface area (Å²) in [4.78, 5) is 25.3. The van der Waals surface area contributed by atoms with Gasteiger partial charge in [0.1, 0.15) is 18.1 Å². The Kier molecular flexibility index (Phi) is 10.4. The number of carbonyl (C=O) groups is 2. The summed E-state index contributed by atoms with van der Waals surface area (Å²) in [5, 5.41) is 9.20. The molecule has 0 saturated heterocycles. The molecule has 0 heterocycles. The Hall–Kier alpha value is -3.27. The van der Waals surface area contributed by atoms with E-state index in [1.165, 1.54) is 4.90 Å². The predicted octanol–water partition coefficient (Wildman–Crippen LogP) is 5.27. The van der Waals surface area contributed by atoms with E-state index in [4.69, 9.17) is 14.2 Å². The molecule has 0 aliphatic heterocycles. The van der Waals surface area contributed by atoms with Crippen LogP contribution in [-0.2, 0) is 22.1 Å². The largest absolute Gasteiger partial charge is 0.492 e. The molecule has 2 aromatic rings. The number of aliphatic carboxylic acids is 1. The van der Waals surface area contributed by atoms with Crippen LogP contribution in [0.1, 0.15) is 31.9 Å². The summed E-state index contributed by atoms with van der Waals surface area (Å²) in [6, 6.07) is 10.8. The van der Waals surface area contributed by atoms with Gasteiger partial charge in [0.2, 0.25) is 0 Å². The van der Waals surface area contributed by atoms with Gasteiger partial charge in [0.05, 0.1) is 12.1 Å². The lowest BCUT2D eigenvalue weighted by Crippen LogP contribution is -2.39. The van der Waals surface area contributed by atoms with Gasteiger partial charge in [-0.2, -0.15) is 13.2 Å². The lowest BCUT2D eigenvalue weighted by molar-refractivity contribution is -0.150. The highest BCUT2D eigenvalue weighted by Crippen LogP contribution is 2.30. The van der Waals surface area contributed by atoms with Gasteiger partial charge in [0.15, 0.2) is 6.10 Å². The van der Waals surface area contributed by atoms with Gasteiger partial charge < -0.3 is 24.2 Å². The minimum atomic E-state index is -4.47. The van der Waals surface area contributed by atoms with Crippen LogP contribution in [0, 0.1) is 5.92 Å². The Morgan fingerprint density at radius 3 is 2.11 bits per heavy atom. The van der Waals surface area contributed by atoms with Crippen LogP contribution in [0.25, 0.3) is 0 Å². The van der Waals surface area contributed by atoms with E-state index < -0.39 is 29.9 Å². The number of benzene rings is 2. The number of hydrogen-bond acceptors (Lipinski definition) is 5. The standard InChI is InChI=1S/C25H30F3NO6/c1-4-33-22(23(30)31)15-18-5-9-20(10-6-18)34-14-13-29(16-17(2)3)24(32)35-21-11-7-19(8-12-21)25(26,27)28/h5-12,17,22H,4,13-16H2,1-3H3,(H,30,31). The van der Waals surface area contributed by atoms with Gasteiger partial charge in [-0.3, -0.25) is 0 Å². The normalized spacial score (nSPS) is 12.3. The second kappa shape index (κ2) is 13.0. The molecule has 192 valence electrons. The second-order valence-corrected chi connectivity index (χ2v) is 8.21. The van der Waals surface area contributed by atoms with E-state index in [1.54, 1.807) is 31.2 Å². The zero-order valence-corrected chi connectivity index (χ0v) is 19.9. The van der Waals surface area contributed by atoms with Gasteiger partial charge >= 0.3 is 18.2 Å². The molecule has 1 unspecified atom stereocenters. The molecule has 2 rings (SSSR count). The monoisotopic (exact) mass is 497 g/mol. The van der Waals surface area contributed by atoms with Crippen LogP contribution >= 0.6 is 0 Å². The Morgan fingerprint density at radius 2 is 1.60 bits per heavy atom. The number of carbonyl (C=O) groups excluding carboxylic acids is 1. The molecule has 7 nitrogen and oxygen atoms in total. The lowest BCUT2D eigenvalue weighted by Gasteiger charge is -2.24. The van der Waals surface area contributed by atoms with Crippen molar-refractivity contribution < 1.29 is 42.1 Å². The van der Waals surface area contributed by atoms with Gasteiger partial charge in [0.25, 0.3) is 0 Å². The minimum absolute atomic E-state index is 0.0139. The number of alkyl halides is 3. The average molecular weight is 498 g/mol. The SMILES string of the molecule is CCOC(Cc1ccc(OCCN(CC(C)C)C(=O)Oc2ccc(C(F)(F)F)cc2)cc1)C(=O)O. The fourth-order valence-corrected chi connectivity index (χ4v) is 3.20. The smallest absolute Gasteiger partial charge is 0.416 e. The first-order valence-corrected chi connectivity index (χ1v) is 11.2. The van der Waals surface area contributed by atoms with E-state index in [-0.39, 0.29) is 31.2 Å². The third-order valence-electron chi connectivity index (χ3n) is 4.85. The van der Waals surface area contributed by atoms with Crippen molar-refractivity contribution in [3.8, 4) is 11.5 Å². The highest BCUT2D eigenvalue weighted by molar-refractivity contribution is 5.72. The molecule has 1 N–H and O–H groups in total. The van der Waals surface area contributed by atoms with E-state index in [0.29, 0.717) is 18.9 Å². The summed E-state index contributed by atoms with van der Waals surface area (Å²) < 4.78 is 54.3. The highest BCUT2D eigenvalue weighted by Gasteiger charge is 2.30. The Labute approximate surface area is 202 Å². The average Bonchev–Trinajstić information content (AvgIpc) is 2.78. The van der Waals surface area contributed by atoms with Crippen molar-refractivity contribution in [2.75, 3.05) is 26.3 Å². The predicted molar refractivity (Wildman–Crippen MR) is 123 cm³/mol.